The molecule has 1 atom stereocenters. The van der Waals surface area contributed by atoms with Crippen molar-refractivity contribution in [2.24, 2.45) is 0 Å². The van der Waals surface area contributed by atoms with Crippen molar-refractivity contribution in [3.8, 4) is 0 Å². The number of halogens is 1. The summed E-state index contributed by atoms with van der Waals surface area (Å²) in [5, 5.41) is 5.61. The van der Waals surface area contributed by atoms with Gasteiger partial charge in [-0.3, -0.25) is 0 Å². The summed E-state index contributed by atoms with van der Waals surface area (Å²) in [5.74, 6) is 0. The smallest absolute Gasteiger partial charge is 0.0701 e. The van der Waals surface area contributed by atoms with Crippen molar-refractivity contribution in [2.45, 2.75) is 38.6 Å². The van der Waals surface area contributed by atoms with E-state index in [4.69, 9.17) is 0 Å². The minimum atomic E-state index is 0.249. The zero-order chi connectivity index (χ0) is 14.8. The fourth-order valence-corrected chi connectivity index (χ4v) is 3.53. The van der Waals surface area contributed by atoms with Gasteiger partial charge in [0.25, 0.3) is 0 Å². The number of nitrogens with one attached hydrogen (secondary N) is 1. The molecule has 1 unspecified atom stereocenters. The van der Waals surface area contributed by atoms with Gasteiger partial charge < -0.3 is 5.32 Å². The summed E-state index contributed by atoms with van der Waals surface area (Å²) in [6.45, 7) is 6.84. The molecule has 108 valence electrons. The molecule has 20 heavy (non-hydrogen) atoms. The lowest BCUT2D eigenvalue weighted by atomic mass is 9.81. The lowest BCUT2D eigenvalue weighted by Gasteiger charge is -2.24. The average molecular weight is 352 g/mol. The van der Waals surface area contributed by atoms with Crippen molar-refractivity contribution in [3.63, 3.8) is 0 Å². The zero-order valence-electron chi connectivity index (χ0n) is 12.5. The predicted molar refractivity (Wildman–Crippen MR) is 92.7 cm³/mol. The molecule has 0 aliphatic heterocycles. The van der Waals surface area contributed by atoms with E-state index in [2.05, 4.69) is 77.7 Å². The van der Waals surface area contributed by atoms with Gasteiger partial charge in [0.2, 0.25) is 0 Å². The molecule has 0 fully saturated rings. The van der Waals surface area contributed by atoms with Gasteiger partial charge in [-0.2, -0.15) is 0 Å². The standard InChI is InChI=1S/C17H22BrNS/c1-5-17(2,3)14-8-6-12(7-9-14)16(19-4)13-10-15(18)20-11-13/h6-11,16,19H,5H2,1-4H3. The Morgan fingerprint density at radius 1 is 1.20 bits per heavy atom. The summed E-state index contributed by atoms with van der Waals surface area (Å²) >= 11 is 5.27. The molecule has 1 aromatic heterocycles. The van der Waals surface area contributed by atoms with Crippen LogP contribution in [0.15, 0.2) is 39.5 Å². The zero-order valence-corrected chi connectivity index (χ0v) is 14.9. The van der Waals surface area contributed by atoms with Crippen molar-refractivity contribution >= 4 is 27.3 Å². The molecule has 0 spiro atoms. The van der Waals surface area contributed by atoms with Gasteiger partial charge in [-0.15, -0.1) is 11.3 Å². The van der Waals surface area contributed by atoms with Crippen LogP contribution in [0, 0.1) is 0 Å². The first-order valence-corrected chi connectivity index (χ1v) is 8.67. The van der Waals surface area contributed by atoms with Gasteiger partial charge >= 0.3 is 0 Å². The number of rotatable bonds is 5. The van der Waals surface area contributed by atoms with Crippen LogP contribution in [0.3, 0.4) is 0 Å². The number of benzene rings is 1. The van der Waals surface area contributed by atoms with Crippen LogP contribution in [0.2, 0.25) is 0 Å². The maximum absolute atomic E-state index is 3.54. The second-order valence-electron chi connectivity index (χ2n) is 5.77. The van der Waals surface area contributed by atoms with Gasteiger partial charge in [0, 0.05) is 0 Å². The molecule has 0 amide bonds. The molecule has 0 aliphatic carbocycles. The van der Waals surface area contributed by atoms with E-state index < -0.39 is 0 Å². The molecule has 2 aromatic rings. The lowest BCUT2D eigenvalue weighted by Crippen LogP contribution is -2.18. The van der Waals surface area contributed by atoms with Crippen LogP contribution >= 0.6 is 27.3 Å². The van der Waals surface area contributed by atoms with Crippen LogP contribution in [0.4, 0.5) is 0 Å². The third-order valence-corrected chi connectivity index (χ3v) is 5.64. The molecule has 0 aliphatic rings. The molecule has 1 nitrogen and oxygen atoms in total. The van der Waals surface area contributed by atoms with Crippen LogP contribution in [0.5, 0.6) is 0 Å². The topological polar surface area (TPSA) is 12.0 Å². The van der Waals surface area contributed by atoms with Crippen LogP contribution in [-0.2, 0) is 5.41 Å². The predicted octanol–water partition coefficient (Wildman–Crippen LogP) is 5.51. The Balaban J connectivity index is 2.28. The molecule has 0 saturated heterocycles. The Hall–Kier alpha value is -0.640. The molecule has 0 saturated carbocycles. The van der Waals surface area contributed by atoms with E-state index in [0.717, 1.165) is 6.42 Å². The lowest BCUT2D eigenvalue weighted by molar-refractivity contribution is 0.506. The minimum Gasteiger partial charge on any atom is -0.309 e. The largest absolute Gasteiger partial charge is 0.309 e. The fourth-order valence-electron chi connectivity index (χ4n) is 2.33. The van der Waals surface area contributed by atoms with E-state index in [1.807, 2.05) is 7.05 Å². The maximum Gasteiger partial charge on any atom is 0.0701 e. The Kier molecular flexibility index (Phi) is 5.05. The van der Waals surface area contributed by atoms with Crippen molar-refractivity contribution in [1.29, 1.82) is 0 Å². The Morgan fingerprint density at radius 3 is 2.30 bits per heavy atom. The molecule has 1 N–H and O–H groups in total. The van der Waals surface area contributed by atoms with Gasteiger partial charge in [0.1, 0.15) is 0 Å². The number of hydrogen-bond acceptors (Lipinski definition) is 2. The summed E-state index contributed by atoms with van der Waals surface area (Å²) in [6.07, 6.45) is 1.15. The summed E-state index contributed by atoms with van der Waals surface area (Å²) in [5.41, 5.74) is 4.28. The normalized spacial score (nSPS) is 13.4. The van der Waals surface area contributed by atoms with Crippen molar-refractivity contribution in [3.05, 3.63) is 56.2 Å². The highest BCUT2D eigenvalue weighted by molar-refractivity contribution is 9.11. The van der Waals surface area contributed by atoms with Gasteiger partial charge in [-0.25, -0.2) is 0 Å². The number of hydrogen-bond donors (Lipinski definition) is 1. The first-order chi connectivity index (χ1) is 9.47. The third-order valence-electron chi connectivity index (χ3n) is 4.12. The maximum atomic E-state index is 3.54. The summed E-state index contributed by atoms with van der Waals surface area (Å²) in [4.78, 5) is 0. The van der Waals surface area contributed by atoms with Gasteiger partial charge in [-0.1, -0.05) is 45.0 Å². The fraction of sp³-hybridized carbons (Fsp3) is 0.412. The van der Waals surface area contributed by atoms with E-state index in [1.54, 1.807) is 11.3 Å². The van der Waals surface area contributed by atoms with E-state index in [1.165, 1.54) is 20.5 Å². The van der Waals surface area contributed by atoms with Gasteiger partial charge in [0.15, 0.2) is 0 Å². The van der Waals surface area contributed by atoms with E-state index >= 15 is 0 Å². The highest BCUT2D eigenvalue weighted by Crippen LogP contribution is 2.31. The first-order valence-electron chi connectivity index (χ1n) is 6.99. The molecule has 3 heteroatoms. The average Bonchev–Trinajstić information content (AvgIpc) is 2.87. The monoisotopic (exact) mass is 351 g/mol. The molecular weight excluding hydrogens is 330 g/mol. The quantitative estimate of drug-likeness (QED) is 0.748. The summed E-state index contributed by atoms with van der Waals surface area (Å²) in [7, 11) is 2.01. The second kappa shape index (κ2) is 6.42. The molecule has 1 aromatic carbocycles. The first kappa shape index (κ1) is 15.7. The van der Waals surface area contributed by atoms with Gasteiger partial charge in [-0.05, 0) is 63.0 Å². The molecule has 0 radical (unpaired) electrons. The van der Waals surface area contributed by atoms with E-state index in [0.29, 0.717) is 0 Å². The van der Waals surface area contributed by atoms with E-state index in [-0.39, 0.29) is 11.5 Å². The molecule has 0 bridgehead atoms. The SMILES string of the molecule is CCC(C)(C)c1ccc(C(NC)c2csc(Br)c2)cc1. The Labute approximate surface area is 134 Å². The Morgan fingerprint density at radius 2 is 1.85 bits per heavy atom. The summed E-state index contributed by atoms with van der Waals surface area (Å²) < 4.78 is 1.18. The van der Waals surface area contributed by atoms with Crippen LogP contribution in [0.25, 0.3) is 0 Å². The molecule has 2 rings (SSSR count). The van der Waals surface area contributed by atoms with Crippen LogP contribution in [-0.4, -0.2) is 7.05 Å². The third kappa shape index (κ3) is 3.33. The Bertz CT molecular complexity index is 557. The van der Waals surface area contributed by atoms with Crippen LogP contribution < -0.4 is 5.32 Å². The van der Waals surface area contributed by atoms with Crippen molar-refractivity contribution in [2.75, 3.05) is 7.05 Å². The van der Waals surface area contributed by atoms with E-state index in [9.17, 15) is 0 Å². The van der Waals surface area contributed by atoms with Crippen LogP contribution in [0.1, 0.15) is 49.9 Å². The highest BCUT2D eigenvalue weighted by atomic mass is 79.9. The van der Waals surface area contributed by atoms with Gasteiger partial charge in [0.05, 0.1) is 9.83 Å². The molecule has 1 heterocycles. The minimum absolute atomic E-state index is 0.249. The second-order valence-corrected chi connectivity index (χ2v) is 8.06. The molecular formula is C17H22BrNS. The highest BCUT2D eigenvalue weighted by Gasteiger charge is 2.19. The van der Waals surface area contributed by atoms with Crippen molar-refractivity contribution < 1.29 is 0 Å². The number of thiophene rings is 1. The van der Waals surface area contributed by atoms with Crippen molar-refractivity contribution in [1.82, 2.24) is 5.32 Å². The summed E-state index contributed by atoms with van der Waals surface area (Å²) in [6, 6.07) is 11.5.